The Morgan fingerprint density at radius 3 is 2.06 bits per heavy atom. The molecule has 0 spiro atoms. The molecule has 3 fully saturated rings. The quantitative estimate of drug-likeness (QED) is 0.665. The Labute approximate surface area is 107 Å². The Bertz CT molecular complexity index is 410. The van der Waals surface area contributed by atoms with Gasteiger partial charge in [-0.2, -0.15) is 5.26 Å². The van der Waals surface area contributed by atoms with Crippen molar-refractivity contribution in [3.8, 4) is 6.07 Å². The van der Waals surface area contributed by atoms with Crippen molar-refractivity contribution in [2.45, 2.75) is 56.9 Å². The fraction of sp³-hybridized carbons (Fsp3) is 0.786. The molecule has 0 aromatic carbocycles. The van der Waals surface area contributed by atoms with E-state index in [4.69, 9.17) is 0 Å². The van der Waals surface area contributed by atoms with E-state index in [-0.39, 0.29) is 23.7 Å². The van der Waals surface area contributed by atoms with Crippen molar-refractivity contribution in [3.63, 3.8) is 0 Å². The fourth-order valence-electron chi connectivity index (χ4n) is 3.94. The van der Waals surface area contributed by atoms with Gasteiger partial charge in [-0.15, -0.1) is 0 Å². The average Bonchev–Trinajstić information content (AvgIpc) is 2.96. The summed E-state index contributed by atoms with van der Waals surface area (Å²) in [6.45, 7) is 0. The van der Waals surface area contributed by atoms with Crippen molar-refractivity contribution < 1.29 is 9.59 Å². The summed E-state index contributed by atoms with van der Waals surface area (Å²) in [5.74, 6) is -0.369. The van der Waals surface area contributed by atoms with Crippen molar-refractivity contribution in [2.24, 2.45) is 11.8 Å². The SMILES string of the molecule is N#CC1(N2C(=O)C3CCCC3C2=O)CCCCC1. The molecule has 2 amide bonds. The number of carbonyl (C=O) groups is 2. The lowest BCUT2D eigenvalue weighted by atomic mass is 9.81. The van der Waals surface area contributed by atoms with Gasteiger partial charge in [0.05, 0.1) is 17.9 Å². The van der Waals surface area contributed by atoms with Crippen molar-refractivity contribution >= 4 is 11.8 Å². The third kappa shape index (κ3) is 1.43. The Kier molecular flexibility index (Phi) is 2.65. The maximum atomic E-state index is 12.4. The molecule has 4 nitrogen and oxygen atoms in total. The van der Waals surface area contributed by atoms with E-state index in [1.807, 2.05) is 0 Å². The minimum atomic E-state index is -0.823. The molecule has 2 saturated carbocycles. The highest BCUT2D eigenvalue weighted by molar-refractivity contribution is 6.06. The second-order valence-electron chi connectivity index (χ2n) is 5.86. The first-order valence-corrected chi connectivity index (χ1v) is 6.99. The molecule has 18 heavy (non-hydrogen) atoms. The van der Waals surface area contributed by atoms with Crippen molar-refractivity contribution in [2.75, 3.05) is 0 Å². The van der Waals surface area contributed by atoms with Crippen molar-refractivity contribution in [3.05, 3.63) is 0 Å². The highest BCUT2D eigenvalue weighted by atomic mass is 16.2. The van der Waals surface area contributed by atoms with Crippen LogP contribution >= 0.6 is 0 Å². The van der Waals surface area contributed by atoms with Gasteiger partial charge in [-0.1, -0.05) is 25.7 Å². The summed E-state index contributed by atoms with van der Waals surface area (Å²) >= 11 is 0. The molecule has 1 saturated heterocycles. The Balaban J connectivity index is 1.94. The first-order valence-electron chi connectivity index (χ1n) is 6.99. The lowest BCUT2D eigenvalue weighted by molar-refractivity contribution is -0.146. The molecule has 1 aliphatic heterocycles. The predicted octanol–water partition coefficient (Wildman–Crippen LogP) is 2.00. The van der Waals surface area contributed by atoms with E-state index >= 15 is 0 Å². The number of imide groups is 1. The number of likely N-dealkylation sites (tertiary alicyclic amines) is 1. The zero-order valence-electron chi connectivity index (χ0n) is 10.5. The maximum Gasteiger partial charge on any atom is 0.234 e. The minimum Gasteiger partial charge on any atom is -0.274 e. The molecule has 0 aromatic rings. The molecule has 4 heteroatoms. The summed E-state index contributed by atoms with van der Waals surface area (Å²) < 4.78 is 0. The van der Waals surface area contributed by atoms with Crippen LogP contribution in [0.15, 0.2) is 0 Å². The largest absolute Gasteiger partial charge is 0.274 e. The summed E-state index contributed by atoms with van der Waals surface area (Å²) in [7, 11) is 0. The first kappa shape index (κ1) is 11.7. The molecule has 0 radical (unpaired) electrons. The molecule has 0 N–H and O–H groups in total. The lowest BCUT2D eigenvalue weighted by Crippen LogP contribution is -2.52. The van der Waals surface area contributed by atoms with Gasteiger partial charge in [0.1, 0.15) is 5.54 Å². The van der Waals surface area contributed by atoms with Crippen LogP contribution in [0.25, 0.3) is 0 Å². The fourth-order valence-corrected chi connectivity index (χ4v) is 3.94. The van der Waals surface area contributed by atoms with Crippen LogP contribution in [-0.4, -0.2) is 22.3 Å². The Morgan fingerprint density at radius 2 is 1.56 bits per heavy atom. The number of nitriles is 1. The standard InChI is InChI=1S/C14H18N2O2/c15-9-14(7-2-1-3-8-14)16-12(17)10-5-4-6-11(10)13(16)18/h10-11H,1-8H2. The molecular weight excluding hydrogens is 228 g/mol. The van der Waals surface area contributed by atoms with Crippen LogP contribution in [0.1, 0.15) is 51.4 Å². The number of nitrogens with zero attached hydrogens (tertiary/aromatic N) is 2. The van der Waals surface area contributed by atoms with Gasteiger partial charge < -0.3 is 0 Å². The number of rotatable bonds is 1. The molecule has 3 rings (SSSR count). The van der Waals surface area contributed by atoms with Crippen LogP contribution in [0, 0.1) is 23.2 Å². The molecule has 2 atom stereocenters. The van der Waals surface area contributed by atoms with Gasteiger partial charge >= 0.3 is 0 Å². The van der Waals surface area contributed by atoms with Gasteiger partial charge in [0, 0.05) is 0 Å². The molecule has 1 heterocycles. The first-order chi connectivity index (χ1) is 8.69. The van der Waals surface area contributed by atoms with E-state index in [2.05, 4.69) is 6.07 Å². The molecule has 2 unspecified atom stereocenters. The zero-order valence-corrected chi connectivity index (χ0v) is 10.5. The number of amides is 2. The smallest absolute Gasteiger partial charge is 0.234 e. The van der Waals surface area contributed by atoms with Gasteiger partial charge in [0.25, 0.3) is 0 Å². The van der Waals surface area contributed by atoms with Crippen LogP contribution in [0.4, 0.5) is 0 Å². The Morgan fingerprint density at radius 1 is 1.00 bits per heavy atom. The number of hydrogen-bond donors (Lipinski definition) is 0. The van der Waals surface area contributed by atoms with E-state index in [1.165, 1.54) is 4.90 Å². The molecule has 2 aliphatic carbocycles. The summed E-state index contributed by atoms with van der Waals surface area (Å²) in [6, 6.07) is 2.29. The lowest BCUT2D eigenvalue weighted by Gasteiger charge is -2.38. The van der Waals surface area contributed by atoms with Gasteiger partial charge in [0.15, 0.2) is 0 Å². The summed E-state index contributed by atoms with van der Waals surface area (Å²) in [4.78, 5) is 26.2. The number of carbonyl (C=O) groups excluding carboxylic acids is 2. The number of hydrogen-bond acceptors (Lipinski definition) is 3. The third-order valence-corrected chi connectivity index (χ3v) is 4.91. The normalized spacial score (nSPS) is 34.5. The number of fused-ring (bicyclic) bond motifs is 1. The zero-order chi connectivity index (χ0) is 12.8. The average molecular weight is 246 g/mol. The topological polar surface area (TPSA) is 61.2 Å². The van der Waals surface area contributed by atoms with Crippen LogP contribution in [0.5, 0.6) is 0 Å². The van der Waals surface area contributed by atoms with Crippen LogP contribution in [-0.2, 0) is 9.59 Å². The molecular formula is C14H18N2O2. The van der Waals surface area contributed by atoms with Crippen molar-refractivity contribution in [1.29, 1.82) is 5.26 Å². The summed E-state index contributed by atoms with van der Waals surface area (Å²) in [6.07, 6.45) is 6.95. The maximum absolute atomic E-state index is 12.4. The molecule has 0 bridgehead atoms. The van der Waals surface area contributed by atoms with E-state index in [1.54, 1.807) is 0 Å². The monoisotopic (exact) mass is 246 g/mol. The van der Waals surface area contributed by atoms with Crippen LogP contribution in [0.2, 0.25) is 0 Å². The van der Waals surface area contributed by atoms with E-state index in [0.29, 0.717) is 12.8 Å². The minimum absolute atomic E-state index is 0.0639. The summed E-state index contributed by atoms with van der Waals surface area (Å²) in [5, 5.41) is 9.50. The molecule has 3 aliphatic rings. The van der Waals surface area contributed by atoms with E-state index in [9.17, 15) is 14.9 Å². The summed E-state index contributed by atoms with van der Waals surface area (Å²) in [5.41, 5.74) is -0.823. The highest BCUT2D eigenvalue weighted by Crippen LogP contribution is 2.45. The predicted molar refractivity (Wildman–Crippen MR) is 64.1 cm³/mol. The Hall–Kier alpha value is -1.37. The third-order valence-electron chi connectivity index (χ3n) is 4.91. The van der Waals surface area contributed by atoms with Gasteiger partial charge in [-0.3, -0.25) is 14.5 Å². The molecule has 0 aromatic heterocycles. The van der Waals surface area contributed by atoms with Crippen LogP contribution < -0.4 is 0 Å². The van der Waals surface area contributed by atoms with Crippen LogP contribution in [0.3, 0.4) is 0 Å². The molecule has 96 valence electrons. The van der Waals surface area contributed by atoms with Gasteiger partial charge in [0.2, 0.25) is 11.8 Å². The second kappa shape index (κ2) is 4.08. The van der Waals surface area contributed by atoms with Gasteiger partial charge in [-0.25, -0.2) is 0 Å². The van der Waals surface area contributed by atoms with E-state index in [0.717, 1.165) is 38.5 Å². The highest BCUT2D eigenvalue weighted by Gasteiger charge is 2.56. The van der Waals surface area contributed by atoms with Crippen molar-refractivity contribution in [1.82, 2.24) is 4.90 Å². The second-order valence-corrected chi connectivity index (χ2v) is 5.86. The van der Waals surface area contributed by atoms with E-state index < -0.39 is 5.54 Å². The van der Waals surface area contributed by atoms with Gasteiger partial charge in [-0.05, 0) is 25.7 Å².